The summed E-state index contributed by atoms with van der Waals surface area (Å²) >= 11 is 0. The van der Waals surface area contributed by atoms with E-state index in [0.29, 0.717) is 0 Å². The average Bonchev–Trinajstić information content (AvgIpc) is 4.01. The number of imidazole rings is 2. The summed E-state index contributed by atoms with van der Waals surface area (Å²) in [4.78, 5) is 15.8. The quantitative estimate of drug-likeness (QED) is 0.143. The molecule has 3 heterocycles. The van der Waals surface area contributed by atoms with Crippen LogP contribution in [0.25, 0.3) is 122 Å². The largest absolute Gasteiger partial charge is 0.292 e. The summed E-state index contributed by atoms with van der Waals surface area (Å²) in [7, 11) is 0. The number of hydrogen-bond donors (Lipinski definition) is 0. The fourth-order valence-corrected chi connectivity index (χ4v) is 10.4. The van der Waals surface area contributed by atoms with Gasteiger partial charge in [-0.1, -0.05) is 207 Å². The molecule has 324 valence electrons. The lowest BCUT2D eigenvalue weighted by Gasteiger charge is -2.20. The van der Waals surface area contributed by atoms with Crippen molar-refractivity contribution in [2.24, 2.45) is 0 Å². The first kappa shape index (κ1) is 40.1. The molecule has 0 fully saturated rings. The Morgan fingerprint density at radius 2 is 0.942 bits per heavy atom. The van der Waals surface area contributed by atoms with Crippen LogP contribution in [0.1, 0.15) is 11.1 Å². The summed E-state index contributed by atoms with van der Waals surface area (Å²) in [5, 5.41) is 5.77. The monoisotopic (exact) mass is 881 g/mol. The number of para-hydroxylation sites is 3. The number of aryl methyl sites for hydroxylation is 1. The Bertz CT molecular complexity index is 4090. The lowest BCUT2D eigenvalue weighted by Crippen LogP contribution is -2.04. The highest BCUT2D eigenvalue weighted by atomic mass is 15.1. The van der Waals surface area contributed by atoms with Crippen molar-refractivity contribution >= 4 is 54.8 Å². The first-order valence-corrected chi connectivity index (χ1v) is 23.4. The van der Waals surface area contributed by atoms with Gasteiger partial charge in [-0.15, -0.1) is 0 Å². The number of fused-ring (bicyclic) bond motifs is 7. The fourth-order valence-electron chi connectivity index (χ4n) is 10.4. The average molecular weight is 882 g/mol. The van der Waals surface area contributed by atoms with Crippen molar-refractivity contribution in [3.8, 4) is 67.5 Å². The predicted octanol–water partition coefficient (Wildman–Crippen LogP) is 16.4. The summed E-state index contributed by atoms with van der Waals surface area (Å²) in [6.45, 7) is 7.05. The van der Waals surface area contributed by atoms with E-state index in [1.54, 1.807) is 0 Å². The van der Waals surface area contributed by atoms with Crippen LogP contribution in [0.3, 0.4) is 0 Å². The van der Waals surface area contributed by atoms with E-state index in [-0.39, 0.29) is 0 Å². The Balaban J connectivity index is 0.970. The molecule has 0 bridgehead atoms. The number of benzene rings is 10. The molecule has 5 heteroatoms. The van der Waals surface area contributed by atoms with Gasteiger partial charge in [0.2, 0.25) is 0 Å². The summed E-state index contributed by atoms with van der Waals surface area (Å²) in [6.07, 6.45) is 0. The Morgan fingerprint density at radius 3 is 1.62 bits per heavy atom. The van der Waals surface area contributed by atoms with Crippen LogP contribution in [-0.4, -0.2) is 23.9 Å². The van der Waals surface area contributed by atoms with Crippen LogP contribution < -0.4 is 0 Å². The van der Waals surface area contributed by atoms with E-state index >= 15 is 0 Å². The standard InChI is InChI=1S/C64H43N5/c1-41-20-9-10-27-49(41)63-67-60(44-21-5-3-6-22-44)61(45-23-7-4-8-24-45)68(63)42(2)47-25-19-26-48(40-47)59-52-30-13-11-28-50(52)58(51-29-12-14-31-53(51)59)43-36-38-46(39-37-43)62-65-55-33-16-15-32-54(55)64-66-56-34-17-18-35-57(56)69(62)64/h3-40H,2H2,1H3. The molecule has 0 radical (unpaired) electrons. The minimum atomic E-state index is 0.843. The van der Waals surface area contributed by atoms with Crippen molar-refractivity contribution in [2.75, 3.05) is 0 Å². The molecule has 5 nitrogen and oxygen atoms in total. The molecule has 0 aliphatic carbocycles. The topological polar surface area (TPSA) is 48.0 Å². The molecule has 3 aromatic heterocycles. The molecule has 0 unspecified atom stereocenters. The highest BCUT2D eigenvalue weighted by Gasteiger charge is 2.25. The van der Waals surface area contributed by atoms with Crippen LogP contribution in [0.5, 0.6) is 0 Å². The lowest BCUT2D eigenvalue weighted by molar-refractivity contribution is 1.10. The maximum absolute atomic E-state index is 5.49. The highest BCUT2D eigenvalue weighted by Crippen LogP contribution is 2.46. The molecule has 13 rings (SSSR count). The van der Waals surface area contributed by atoms with Crippen molar-refractivity contribution in [2.45, 2.75) is 6.92 Å². The SMILES string of the molecule is C=C(c1cccc(-c2c3ccccc3c(-c3ccc(-c4nc5ccccc5c5nc6ccccc6n45)cc3)c3ccccc23)c1)n1c(-c2ccccc2C)nc(-c2ccccc2)c1-c1ccccc1. The van der Waals surface area contributed by atoms with E-state index < -0.39 is 0 Å². The number of hydrogen-bond acceptors (Lipinski definition) is 3. The van der Waals surface area contributed by atoms with Gasteiger partial charge in [-0.2, -0.15) is 0 Å². The lowest BCUT2D eigenvalue weighted by atomic mass is 9.85. The molecule has 0 atom stereocenters. The van der Waals surface area contributed by atoms with Gasteiger partial charge < -0.3 is 0 Å². The Morgan fingerprint density at radius 1 is 0.406 bits per heavy atom. The van der Waals surface area contributed by atoms with Crippen molar-refractivity contribution in [1.82, 2.24) is 23.9 Å². The summed E-state index contributed by atoms with van der Waals surface area (Å²) < 4.78 is 4.48. The molecule has 69 heavy (non-hydrogen) atoms. The second-order valence-electron chi connectivity index (χ2n) is 17.7. The van der Waals surface area contributed by atoms with Gasteiger partial charge in [0.15, 0.2) is 0 Å². The van der Waals surface area contributed by atoms with E-state index in [4.69, 9.17) is 21.5 Å². The summed E-state index contributed by atoms with van der Waals surface area (Å²) in [5.41, 5.74) is 17.6. The minimum Gasteiger partial charge on any atom is -0.292 e. The Hall–Kier alpha value is -9.19. The molecular weight excluding hydrogens is 839 g/mol. The molecule has 0 amide bonds. The first-order chi connectivity index (χ1) is 34.1. The third kappa shape index (κ3) is 6.58. The van der Waals surface area contributed by atoms with Crippen molar-refractivity contribution < 1.29 is 0 Å². The van der Waals surface area contributed by atoms with Crippen LogP contribution in [0.2, 0.25) is 0 Å². The normalized spacial score (nSPS) is 11.6. The zero-order chi connectivity index (χ0) is 46.0. The van der Waals surface area contributed by atoms with Gasteiger partial charge in [0, 0.05) is 33.3 Å². The maximum Gasteiger partial charge on any atom is 0.149 e. The maximum atomic E-state index is 5.49. The molecule has 0 N–H and O–H groups in total. The van der Waals surface area contributed by atoms with Crippen LogP contribution >= 0.6 is 0 Å². The smallest absolute Gasteiger partial charge is 0.149 e. The highest BCUT2D eigenvalue weighted by molar-refractivity contribution is 6.21. The second-order valence-corrected chi connectivity index (χ2v) is 17.7. The van der Waals surface area contributed by atoms with Crippen molar-refractivity contribution in [1.29, 1.82) is 0 Å². The third-order valence-corrected chi connectivity index (χ3v) is 13.6. The molecule has 0 aliphatic rings. The van der Waals surface area contributed by atoms with Crippen LogP contribution in [0.15, 0.2) is 237 Å². The molecule has 0 spiro atoms. The van der Waals surface area contributed by atoms with Gasteiger partial charge >= 0.3 is 0 Å². The molecular formula is C64H43N5. The van der Waals surface area contributed by atoms with Gasteiger partial charge in [0.1, 0.15) is 17.3 Å². The molecule has 13 aromatic rings. The van der Waals surface area contributed by atoms with Gasteiger partial charge in [-0.25, -0.2) is 15.0 Å². The van der Waals surface area contributed by atoms with Crippen LogP contribution in [0, 0.1) is 6.92 Å². The van der Waals surface area contributed by atoms with Gasteiger partial charge in [-0.3, -0.25) is 8.97 Å². The Labute approximate surface area is 399 Å². The zero-order valence-corrected chi connectivity index (χ0v) is 37.9. The zero-order valence-electron chi connectivity index (χ0n) is 37.9. The van der Waals surface area contributed by atoms with Gasteiger partial charge in [-0.05, 0) is 92.2 Å². The number of aromatic nitrogens is 5. The summed E-state index contributed by atoms with van der Waals surface area (Å²) in [5.74, 6) is 1.72. The van der Waals surface area contributed by atoms with Gasteiger partial charge in [0.05, 0.1) is 27.9 Å². The number of rotatable bonds is 8. The fraction of sp³-hybridized carbons (Fsp3) is 0.0156. The minimum absolute atomic E-state index is 0.843. The van der Waals surface area contributed by atoms with Crippen molar-refractivity contribution in [3.63, 3.8) is 0 Å². The number of nitrogens with zero attached hydrogens (tertiary/aromatic N) is 5. The van der Waals surface area contributed by atoms with Gasteiger partial charge in [0.25, 0.3) is 0 Å². The van der Waals surface area contributed by atoms with Crippen LogP contribution in [0.4, 0.5) is 0 Å². The molecule has 0 saturated heterocycles. The summed E-state index contributed by atoms with van der Waals surface area (Å²) in [6, 6.07) is 81.6. The predicted molar refractivity (Wildman–Crippen MR) is 287 cm³/mol. The Kier molecular flexibility index (Phi) is 9.48. The first-order valence-electron chi connectivity index (χ1n) is 23.4. The molecule has 10 aromatic carbocycles. The third-order valence-electron chi connectivity index (χ3n) is 13.6. The van der Waals surface area contributed by atoms with E-state index in [9.17, 15) is 0 Å². The van der Waals surface area contributed by atoms with E-state index in [2.05, 4.69) is 234 Å². The van der Waals surface area contributed by atoms with E-state index in [1.165, 1.54) is 32.7 Å². The van der Waals surface area contributed by atoms with E-state index in [0.717, 1.165) is 101 Å². The molecule has 0 aliphatic heterocycles. The van der Waals surface area contributed by atoms with E-state index in [1.807, 2.05) is 12.1 Å². The van der Waals surface area contributed by atoms with Crippen molar-refractivity contribution in [3.05, 3.63) is 248 Å². The van der Waals surface area contributed by atoms with Crippen LogP contribution in [-0.2, 0) is 0 Å². The second kappa shape index (κ2) is 16.3. The molecule has 0 saturated carbocycles.